The third-order valence-electron chi connectivity index (χ3n) is 5.31. The molecule has 0 aromatic heterocycles. The van der Waals surface area contributed by atoms with Crippen LogP contribution in [0.15, 0.2) is 24.3 Å². The van der Waals surface area contributed by atoms with Gasteiger partial charge in [0.2, 0.25) is 5.91 Å². The molecule has 0 spiro atoms. The summed E-state index contributed by atoms with van der Waals surface area (Å²) in [5.41, 5.74) is 0.561. The van der Waals surface area contributed by atoms with Crippen LogP contribution in [0.2, 0.25) is 0 Å². The van der Waals surface area contributed by atoms with Gasteiger partial charge in [-0.1, -0.05) is 12.1 Å². The fraction of sp³-hybridized carbons (Fsp3) is 0.611. The number of carbonyl (C=O) groups excluding carboxylic acids is 1. The first kappa shape index (κ1) is 20.0. The van der Waals surface area contributed by atoms with Crippen molar-refractivity contribution in [1.82, 2.24) is 13.5 Å². The Morgan fingerprint density at radius 3 is 2.41 bits per heavy atom. The van der Waals surface area contributed by atoms with Crippen molar-refractivity contribution in [3.8, 4) is 0 Å². The molecule has 0 aliphatic carbocycles. The number of piperazine rings is 1. The largest absolute Gasteiger partial charge is 0.366 e. The second kappa shape index (κ2) is 8.12. The van der Waals surface area contributed by atoms with E-state index in [9.17, 15) is 17.6 Å². The highest BCUT2D eigenvalue weighted by atomic mass is 32.2. The molecular formula is C18H27FN4O3S. The number of halogens is 1. The summed E-state index contributed by atoms with van der Waals surface area (Å²) < 4.78 is 41.2. The fourth-order valence-electron chi connectivity index (χ4n) is 3.72. The van der Waals surface area contributed by atoms with Gasteiger partial charge in [0.05, 0.1) is 11.6 Å². The Kier molecular flexibility index (Phi) is 6.02. The van der Waals surface area contributed by atoms with E-state index in [1.165, 1.54) is 28.8 Å². The molecular weight excluding hydrogens is 371 g/mol. The Morgan fingerprint density at radius 2 is 1.78 bits per heavy atom. The first-order valence-corrected chi connectivity index (χ1v) is 10.7. The molecule has 2 saturated heterocycles. The molecule has 2 heterocycles. The Labute approximate surface area is 160 Å². The lowest BCUT2D eigenvalue weighted by Gasteiger charge is -2.39. The number of amides is 1. The van der Waals surface area contributed by atoms with Crippen LogP contribution in [0.4, 0.5) is 10.1 Å². The highest BCUT2D eigenvalue weighted by Gasteiger charge is 2.36. The summed E-state index contributed by atoms with van der Waals surface area (Å²) in [6.45, 7) is 2.85. The Hall–Kier alpha value is -1.71. The number of benzene rings is 1. The SMILES string of the molecule is CN(C)S(=O)(=O)N1CCCC(C(=O)N2CCN(c3ccccc3F)CC2)C1. The van der Waals surface area contributed by atoms with Crippen molar-refractivity contribution in [2.45, 2.75) is 12.8 Å². The van der Waals surface area contributed by atoms with E-state index in [4.69, 9.17) is 0 Å². The van der Waals surface area contributed by atoms with Gasteiger partial charge >= 0.3 is 0 Å². The third kappa shape index (κ3) is 4.25. The predicted molar refractivity (Wildman–Crippen MR) is 102 cm³/mol. The summed E-state index contributed by atoms with van der Waals surface area (Å²) in [5, 5.41) is 0. The summed E-state index contributed by atoms with van der Waals surface area (Å²) >= 11 is 0. The van der Waals surface area contributed by atoms with Crippen molar-refractivity contribution in [2.75, 3.05) is 58.3 Å². The first-order chi connectivity index (χ1) is 12.8. The second-order valence-corrected chi connectivity index (χ2v) is 9.39. The van der Waals surface area contributed by atoms with Crippen molar-refractivity contribution in [1.29, 1.82) is 0 Å². The summed E-state index contributed by atoms with van der Waals surface area (Å²) in [6, 6.07) is 6.65. The molecule has 1 amide bonds. The molecule has 9 heteroatoms. The van der Waals surface area contributed by atoms with Crippen LogP contribution >= 0.6 is 0 Å². The molecule has 0 radical (unpaired) electrons. The van der Waals surface area contributed by atoms with Gasteiger partial charge in [-0.25, -0.2) is 4.39 Å². The minimum atomic E-state index is -3.50. The molecule has 2 aliphatic rings. The van der Waals surface area contributed by atoms with Gasteiger partial charge in [0, 0.05) is 53.4 Å². The number of hydrogen-bond donors (Lipinski definition) is 0. The highest BCUT2D eigenvalue weighted by Crippen LogP contribution is 2.24. The van der Waals surface area contributed by atoms with Crippen LogP contribution in [0.1, 0.15) is 12.8 Å². The number of carbonyl (C=O) groups is 1. The monoisotopic (exact) mass is 398 g/mol. The minimum Gasteiger partial charge on any atom is -0.366 e. The Morgan fingerprint density at radius 1 is 1.11 bits per heavy atom. The van der Waals surface area contributed by atoms with Crippen molar-refractivity contribution in [2.24, 2.45) is 5.92 Å². The maximum atomic E-state index is 14.0. The van der Waals surface area contributed by atoms with E-state index >= 15 is 0 Å². The van der Waals surface area contributed by atoms with Crippen LogP contribution in [-0.4, -0.2) is 81.2 Å². The van der Waals surface area contributed by atoms with Gasteiger partial charge in [-0.2, -0.15) is 17.0 Å². The van der Waals surface area contributed by atoms with Crippen LogP contribution in [-0.2, 0) is 15.0 Å². The molecule has 150 valence electrons. The van der Waals surface area contributed by atoms with Crippen LogP contribution in [0.25, 0.3) is 0 Å². The van der Waals surface area contributed by atoms with E-state index in [2.05, 4.69) is 0 Å². The van der Waals surface area contributed by atoms with Gasteiger partial charge in [0.15, 0.2) is 0 Å². The van der Waals surface area contributed by atoms with E-state index < -0.39 is 10.2 Å². The molecule has 1 aromatic carbocycles. The molecule has 1 aromatic rings. The lowest BCUT2D eigenvalue weighted by atomic mass is 9.97. The van der Waals surface area contributed by atoms with Gasteiger partial charge in [-0.3, -0.25) is 4.79 Å². The molecule has 3 rings (SSSR count). The van der Waals surface area contributed by atoms with Gasteiger partial charge in [-0.15, -0.1) is 0 Å². The van der Waals surface area contributed by atoms with Crippen LogP contribution in [0, 0.1) is 11.7 Å². The molecule has 0 N–H and O–H groups in total. The zero-order valence-corrected chi connectivity index (χ0v) is 16.7. The molecule has 7 nitrogen and oxygen atoms in total. The quantitative estimate of drug-likeness (QED) is 0.759. The lowest BCUT2D eigenvalue weighted by Crippen LogP contribution is -2.54. The van der Waals surface area contributed by atoms with Gasteiger partial charge in [0.25, 0.3) is 10.2 Å². The standard InChI is InChI=1S/C18H27FN4O3S/c1-20(2)27(25,26)23-9-5-6-15(14-23)18(24)22-12-10-21(11-13-22)17-8-4-3-7-16(17)19/h3-4,7-8,15H,5-6,9-14H2,1-2H3. The molecule has 1 atom stereocenters. The van der Waals surface area contributed by atoms with Crippen molar-refractivity contribution >= 4 is 21.8 Å². The molecule has 1 unspecified atom stereocenters. The number of nitrogens with zero attached hydrogens (tertiary/aromatic N) is 4. The first-order valence-electron chi connectivity index (χ1n) is 9.26. The van der Waals surface area contributed by atoms with Crippen LogP contribution < -0.4 is 4.90 Å². The smallest absolute Gasteiger partial charge is 0.281 e. The minimum absolute atomic E-state index is 0.00170. The number of para-hydroxylation sites is 1. The van der Waals surface area contributed by atoms with E-state index in [0.29, 0.717) is 51.3 Å². The average molecular weight is 399 g/mol. The maximum Gasteiger partial charge on any atom is 0.281 e. The predicted octanol–water partition coefficient (Wildman–Crippen LogP) is 0.993. The number of hydrogen-bond acceptors (Lipinski definition) is 4. The normalized spacial score (nSPS) is 22.3. The molecule has 2 aliphatic heterocycles. The topological polar surface area (TPSA) is 64.2 Å². The third-order valence-corrected chi connectivity index (χ3v) is 7.21. The zero-order chi connectivity index (χ0) is 19.6. The number of rotatable bonds is 4. The fourth-order valence-corrected chi connectivity index (χ4v) is 4.91. The Balaban J connectivity index is 1.60. The van der Waals surface area contributed by atoms with E-state index in [-0.39, 0.29) is 24.2 Å². The summed E-state index contributed by atoms with van der Waals surface area (Å²) in [5.74, 6) is -0.565. The van der Waals surface area contributed by atoms with Gasteiger partial charge in [-0.05, 0) is 25.0 Å². The second-order valence-electron chi connectivity index (χ2n) is 7.25. The van der Waals surface area contributed by atoms with Crippen LogP contribution in [0.3, 0.4) is 0 Å². The van der Waals surface area contributed by atoms with Gasteiger partial charge in [0.1, 0.15) is 5.82 Å². The average Bonchev–Trinajstić information content (AvgIpc) is 2.68. The number of piperidine rings is 1. The van der Waals surface area contributed by atoms with Crippen molar-refractivity contribution in [3.05, 3.63) is 30.1 Å². The summed E-state index contributed by atoms with van der Waals surface area (Å²) in [4.78, 5) is 16.6. The van der Waals surface area contributed by atoms with Crippen molar-refractivity contribution in [3.63, 3.8) is 0 Å². The molecule has 0 saturated carbocycles. The van der Waals surface area contributed by atoms with E-state index in [0.717, 1.165) is 0 Å². The van der Waals surface area contributed by atoms with Gasteiger partial charge < -0.3 is 9.80 Å². The molecule has 0 bridgehead atoms. The summed E-state index contributed by atoms with van der Waals surface area (Å²) in [6.07, 6.45) is 1.38. The zero-order valence-electron chi connectivity index (χ0n) is 15.8. The maximum absolute atomic E-state index is 14.0. The highest BCUT2D eigenvalue weighted by molar-refractivity contribution is 7.86. The lowest BCUT2D eigenvalue weighted by molar-refractivity contribution is -0.137. The number of anilines is 1. The molecule has 2 fully saturated rings. The van der Waals surface area contributed by atoms with E-state index in [1.807, 2.05) is 4.90 Å². The Bertz CT molecular complexity index is 779. The van der Waals surface area contributed by atoms with E-state index in [1.54, 1.807) is 23.1 Å². The summed E-state index contributed by atoms with van der Waals surface area (Å²) in [7, 11) is -0.495. The molecule has 27 heavy (non-hydrogen) atoms. The van der Waals surface area contributed by atoms with Crippen molar-refractivity contribution < 1.29 is 17.6 Å². The van der Waals surface area contributed by atoms with Crippen LogP contribution in [0.5, 0.6) is 0 Å².